The van der Waals surface area contributed by atoms with Gasteiger partial charge in [0.2, 0.25) is 10.0 Å². The maximum absolute atomic E-state index is 11.7. The van der Waals surface area contributed by atoms with Crippen molar-refractivity contribution in [2.24, 2.45) is 0 Å². The molecule has 1 atom stereocenters. The van der Waals surface area contributed by atoms with Crippen LogP contribution in [0.2, 0.25) is 0 Å². The average molecular weight is 315 g/mol. The zero-order chi connectivity index (χ0) is 15.5. The molecule has 0 radical (unpaired) electrons. The van der Waals surface area contributed by atoms with E-state index in [-0.39, 0.29) is 32.9 Å². The van der Waals surface area contributed by atoms with Gasteiger partial charge in [-0.05, 0) is 24.6 Å². The normalized spacial score (nSPS) is 24.5. The summed E-state index contributed by atoms with van der Waals surface area (Å²) in [6.45, 7) is 2.44. The highest BCUT2D eigenvalue weighted by atomic mass is 32.2. The first kappa shape index (κ1) is 16.2. The second-order valence-electron chi connectivity index (χ2n) is 5.48. The molecule has 0 saturated carbocycles. The fourth-order valence-electron chi connectivity index (χ4n) is 2.17. The predicted octanol–water partition coefficient (Wildman–Crippen LogP) is 0.397. The van der Waals surface area contributed by atoms with Crippen molar-refractivity contribution in [3.05, 3.63) is 29.8 Å². The molecule has 1 saturated heterocycles. The van der Waals surface area contributed by atoms with Crippen LogP contribution in [0.3, 0.4) is 0 Å². The molecule has 1 aromatic rings. The Morgan fingerprint density at radius 1 is 1.48 bits per heavy atom. The van der Waals surface area contributed by atoms with Crippen LogP contribution in [0, 0.1) is 6.92 Å². The van der Waals surface area contributed by atoms with E-state index in [0.717, 1.165) is 11.8 Å². The molecule has 0 aliphatic carbocycles. The number of benzene rings is 1. The Hall–Kier alpha value is -1.15. The molecule has 1 heterocycles. The maximum atomic E-state index is 11.7. The molecule has 1 aliphatic rings. The van der Waals surface area contributed by atoms with Gasteiger partial charge in [-0.3, -0.25) is 0 Å². The lowest BCUT2D eigenvalue weighted by atomic mass is 10.1. The molecule has 0 unspecified atom stereocenters. The van der Waals surface area contributed by atoms with E-state index < -0.39 is 15.6 Å². The molecule has 1 fully saturated rings. The maximum Gasteiger partial charge on any atom is 0.211 e. The standard InChI is InChI=1S/C14H21NO5S/c1-12-4-3-5-13(8-12)20-11-14(16)9-15(21(2,17)18)6-7-19-10-14/h3-5,8,16H,6-7,9-11H2,1-2H3/t14-/m1/s1. The minimum Gasteiger partial charge on any atom is -0.490 e. The third-order valence-electron chi connectivity index (χ3n) is 3.29. The summed E-state index contributed by atoms with van der Waals surface area (Å²) in [6.07, 6.45) is 1.13. The van der Waals surface area contributed by atoms with Crippen LogP contribution in [0.1, 0.15) is 5.56 Å². The molecule has 7 heteroatoms. The smallest absolute Gasteiger partial charge is 0.211 e. The number of hydrogen-bond acceptors (Lipinski definition) is 5. The molecular formula is C14H21NO5S. The molecule has 1 N–H and O–H groups in total. The Morgan fingerprint density at radius 3 is 2.90 bits per heavy atom. The minimum atomic E-state index is -3.37. The quantitative estimate of drug-likeness (QED) is 0.870. The van der Waals surface area contributed by atoms with Gasteiger partial charge in [-0.25, -0.2) is 8.42 Å². The van der Waals surface area contributed by atoms with Crippen LogP contribution in [-0.2, 0) is 14.8 Å². The summed E-state index contributed by atoms with van der Waals surface area (Å²) in [5.41, 5.74) is -0.307. The number of aliphatic hydroxyl groups is 1. The molecule has 0 amide bonds. The summed E-state index contributed by atoms with van der Waals surface area (Å²) < 4.78 is 35.5. The van der Waals surface area contributed by atoms with Gasteiger partial charge in [-0.15, -0.1) is 0 Å². The lowest BCUT2D eigenvalue weighted by Gasteiger charge is -2.29. The number of hydrogen-bond donors (Lipinski definition) is 1. The Bertz CT molecular complexity index is 589. The van der Waals surface area contributed by atoms with E-state index in [1.807, 2.05) is 25.1 Å². The van der Waals surface area contributed by atoms with E-state index in [0.29, 0.717) is 5.75 Å². The van der Waals surface area contributed by atoms with Crippen LogP contribution in [0.5, 0.6) is 5.75 Å². The number of nitrogens with zero attached hydrogens (tertiary/aromatic N) is 1. The molecule has 2 rings (SSSR count). The fourth-order valence-corrected chi connectivity index (χ4v) is 3.06. The topological polar surface area (TPSA) is 76.1 Å². The van der Waals surface area contributed by atoms with Gasteiger partial charge < -0.3 is 14.6 Å². The van der Waals surface area contributed by atoms with Crippen LogP contribution >= 0.6 is 0 Å². The first-order valence-electron chi connectivity index (χ1n) is 6.73. The number of rotatable bonds is 4. The third-order valence-corrected chi connectivity index (χ3v) is 4.54. The summed E-state index contributed by atoms with van der Waals surface area (Å²) >= 11 is 0. The van der Waals surface area contributed by atoms with Crippen molar-refractivity contribution in [1.82, 2.24) is 4.31 Å². The van der Waals surface area contributed by atoms with Gasteiger partial charge in [0.25, 0.3) is 0 Å². The number of β-amino-alcohol motifs (C(OH)–C–C–N with tert-alkyl or cyclic N) is 1. The summed E-state index contributed by atoms with van der Waals surface area (Å²) in [4.78, 5) is 0. The molecule has 1 aliphatic heterocycles. The van der Waals surface area contributed by atoms with Crippen molar-refractivity contribution < 1.29 is 23.0 Å². The monoisotopic (exact) mass is 315 g/mol. The summed E-state index contributed by atoms with van der Waals surface area (Å²) in [6, 6.07) is 7.46. The SMILES string of the molecule is Cc1cccc(OC[C@]2(O)COCCN(S(C)(=O)=O)C2)c1. The highest BCUT2D eigenvalue weighted by Gasteiger charge is 2.36. The van der Waals surface area contributed by atoms with Gasteiger partial charge in [0, 0.05) is 13.1 Å². The third kappa shape index (κ3) is 4.67. The van der Waals surface area contributed by atoms with Crippen molar-refractivity contribution in [3.8, 4) is 5.75 Å². The Labute approximate surface area is 125 Å². The average Bonchev–Trinajstić information content (AvgIpc) is 2.59. The molecule has 6 nitrogen and oxygen atoms in total. The Morgan fingerprint density at radius 2 is 2.24 bits per heavy atom. The summed E-state index contributed by atoms with van der Waals surface area (Å²) in [5.74, 6) is 0.638. The second kappa shape index (κ2) is 6.31. The van der Waals surface area contributed by atoms with Gasteiger partial charge in [0.15, 0.2) is 0 Å². The van der Waals surface area contributed by atoms with E-state index in [9.17, 15) is 13.5 Å². The van der Waals surface area contributed by atoms with E-state index in [1.54, 1.807) is 6.07 Å². The highest BCUT2D eigenvalue weighted by Crippen LogP contribution is 2.18. The number of ether oxygens (including phenoxy) is 2. The largest absolute Gasteiger partial charge is 0.490 e. The molecule has 1 aromatic carbocycles. The first-order valence-corrected chi connectivity index (χ1v) is 8.58. The van der Waals surface area contributed by atoms with Crippen LogP contribution in [0.25, 0.3) is 0 Å². The fraction of sp³-hybridized carbons (Fsp3) is 0.571. The van der Waals surface area contributed by atoms with Crippen LogP contribution in [0.4, 0.5) is 0 Å². The van der Waals surface area contributed by atoms with Crippen LogP contribution in [0.15, 0.2) is 24.3 Å². The van der Waals surface area contributed by atoms with E-state index >= 15 is 0 Å². The van der Waals surface area contributed by atoms with Gasteiger partial charge >= 0.3 is 0 Å². The van der Waals surface area contributed by atoms with Gasteiger partial charge in [0.05, 0.1) is 19.5 Å². The molecule has 21 heavy (non-hydrogen) atoms. The van der Waals surface area contributed by atoms with Crippen LogP contribution < -0.4 is 4.74 Å². The zero-order valence-corrected chi connectivity index (χ0v) is 13.1. The van der Waals surface area contributed by atoms with E-state index in [1.165, 1.54) is 4.31 Å². The van der Waals surface area contributed by atoms with E-state index in [2.05, 4.69) is 0 Å². The van der Waals surface area contributed by atoms with Crippen molar-refractivity contribution in [3.63, 3.8) is 0 Å². The van der Waals surface area contributed by atoms with Gasteiger partial charge in [-0.2, -0.15) is 4.31 Å². The number of sulfonamides is 1. The first-order chi connectivity index (χ1) is 9.78. The molecule has 0 aromatic heterocycles. The lowest BCUT2D eigenvalue weighted by molar-refractivity contribution is -0.0594. The molecule has 0 spiro atoms. The van der Waals surface area contributed by atoms with E-state index in [4.69, 9.17) is 9.47 Å². The summed E-state index contributed by atoms with van der Waals surface area (Å²) in [7, 11) is -3.37. The highest BCUT2D eigenvalue weighted by molar-refractivity contribution is 7.88. The molecular weight excluding hydrogens is 294 g/mol. The van der Waals surface area contributed by atoms with Gasteiger partial charge in [-0.1, -0.05) is 12.1 Å². The molecule has 118 valence electrons. The van der Waals surface area contributed by atoms with Crippen molar-refractivity contribution in [1.29, 1.82) is 0 Å². The van der Waals surface area contributed by atoms with Crippen molar-refractivity contribution in [2.75, 3.05) is 39.2 Å². The summed E-state index contributed by atoms with van der Waals surface area (Å²) in [5, 5.41) is 10.6. The Kier molecular flexibility index (Phi) is 4.88. The van der Waals surface area contributed by atoms with Crippen molar-refractivity contribution >= 4 is 10.0 Å². The number of aryl methyl sites for hydroxylation is 1. The van der Waals surface area contributed by atoms with Gasteiger partial charge in [0.1, 0.15) is 18.0 Å². The zero-order valence-electron chi connectivity index (χ0n) is 12.3. The minimum absolute atomic E-state index is 0.0253. The second-order valence-corrected chi connectivity index (χ2v) is 7.46. The lowest BCUT2D eigenvalue weighted by Crippen LogP contribution is -2.50. The predicted molar refractivity (Wildman–Crippen MR) is 78.9 cm³/mol. The van der Waals surface area contributed by atoms with Crippen LogP contribution in [-0.4, -0.2) is 62.6 Å². The van der Waals surface area contributed by atoms with Crippen molar-refractivity contribution in [2.45, 2.75) is 12.5 Å². The Balaban J connectivity index is 2.05. The molecule has 0 bridgehead atoms.